The lowest BCUT2D eigenvalue weighted by Gasteiger charge is -2.42. The highest BCUT2D eigenvalue weighted by Gasteiger charge is 2.40. The van der Waals surface area contributed by atoms with Gasteiger partial charge in [0.2, 0.25) is 0 Å². The number of nitrogens with zero attached hydrogens (tertiary/aromatic N) is 3. The van der Waals surface area contributed by atoms with Crippen LogP contribution in [0.1, 0.15) is 0 Å². The van der Waals surface area contributed by atoms with Crippen LogP contribution in [0.5, 0.6) is 0 Å². The predicted octanol–water partition coefficient (Wildman–Crippen LogP) is 3.43. The van der Waals surface area contributed by atoms with Gasteiger partial charge in [0.25, 0.3) is 6.71 Å². The molecule has 0 radical (unpaired) electrons. The van der Waals surface area contributed by atoms with E-state index in [-0.39, 0.29) is 6.71 Å². The second-order valence-corrected chi connectivity index (χ2v) is 7.81. The minimum atomic E-state index is 0.248. The molecule has 4 aromatic rings. The smallest absolute Gasteiger partial charge is 0.252 e. The first-order chi connectivity index (χ1) is 14.2. The number of para-hydroxylation sites is 2. The number of fused-ring (bicyclic) bond motifs is 4. The Bertz CT molecular complexity index is 1180. The summed E-state index contributed by atoms with van der Waals surface area (Å²) in [7, 11) is 4.35. The quantitative estimate of drug-likeness (QED) is 0.477. The molecule has 3 heterocycles. The van der Waals surface area contributed by atoms with E-state index in [0.717, 1.165) is 11.3 Å². The third-order valence-electron chi connectivity index (χ3n) is 6.33. The van der Waals surface area contributed by atoms with Crippen LogP contribution in [0.3, 0.4) is 0 Å². The third kappa shape index (κ3) is 2.23. The minimum absolute atomic E-state index is 0.248. The molecule has 0 saturated carbocycles. The van der Waals surface area contributed by atoms with Gasteiger partial charge in [-0.05, 0) is 52.8 Å². The van der Waals surface area contributed by atoms with E-state index >= 15 is 0 Å². The standard InChI is InChI=1S/C25H20BN3/c1-28-21-12-5-3-9-18(21)26-19-10-4-6-13-22(19)29(2)24-16-17(15-23(28)25(24)26)20-11-7-8-14-27-20/h3-16H,1-2H3. The van der Waals surface area contributed by atoms with E-state index in [1.165, 1.54) is 39.1 Å². The number of aromatic nitrogens is 1. The van der Waals surface area contributed by atoms with E-state index in [1.807, 2.05) is 18.3 Å². The van der Waals surface area contributed by atoms with Crippen LogP contribution in [-0.2, 0) is 0 Å². The zero-order valence-electron chi connectivity index (χ0n) is 16.5. The average molecular weight is 373 g/mol. The average Bonchev–Trinajstić information content (AvgIpc) is 2.79. The molecule has 4 heteroatoms. The van der Waals surface area contributed by atoms with Gasteiger partial charge in [0.1, 0.15) is 0 Å². The molecule has 0 N–H and O–H groups in total. The van der Waals surface area contributed by atoms with Gasteiger partial charge in [-0.2, -0.15) is 0 Å². The summed E-state index contributed by atoms with van der Waals surface area (Å²) in [5.74, 6) is 0. The molecular formula is C25H20BN3. The fourth-order valence-corrected chi connectivity index (χ4v) is 4.97. The van der Waals surface area contributed by atoms with Crippen molar-refractivity contribution < 1.29 is 0 Å². The highest BCUT2D eigenvalue weighted by Crippen LogP contribution is 2.38. The summed E-state index contributed by atoms with van der Waals surface area (Å²) in [6, 6.07) is 28.3. The van der Waals surface area contributed by atoms with E-state index in [9.17, 15) is 0 Å². The van der Waals surface area contributed by atoms with Crippen molar-refractivity contribution in [2.24, 2.45) is 0 Å². The number of hydrogen-bond acceptors (Lipinski definition) is 3. The van der Waals surface area contributed by atoms with Gasteiger partial charge in [-0.3, -0.25) is 4.98 Å². The lowest BCUT2D eigenvalue weighted by molar-refractivity contribution is 1.18. The molecule has 0 unspecified atom stereocenters. The van der Waals surface area contributed by atoms with Crippen LogP contribution < -0.4 is 26.2 Å². The summed E-state index contributed by atoms with van der Waals surface area (Å²) in [5, 5.41) is 0. The van der Waals surface area contributed by atoms with Gasteiger partial charge in [0.15, 0.2) is 0 Å². The first kappa shape index (κ1) is 16.4. The SMILES string of the molecule is CN1c2ccccc2B2c3ccccc3N(C)c3cc(-c4ccccn4)cc1c32. The van der Waals surface area contributed by atoms with Crippen LogP contribution in [0.25, 0.3) is 11.3 Å². The molecule has 1 aromatic heterocycles. The summed E-state index contributed by atoms with van der Waals surface area (Å²) in [4.78, 5) is 9.28. The van der Waals surface area contributed by atoms with Gasteiger partial charge in [0.05, 0.1) is 5.69 Å². The first-order valence-corrected chi connectivity index (χ1v) is 9.98. The normalized spacial score (nSPS) is 13.7. The van der Waals surface area contributed by atoms with Crippen molar-refractivity contribution >= 4 is 45.9 Å². The summed E-state index contributed by atoms with van der Waals surface area (Å²) < 4.78 is 0. The molecule has 2 aliphatic heterocycles. The summed E-state index contributed by atoms with van der Waals surface area (Å²) in [6.45, 7) is 0.248. The van der Waals surface area contributed by atoms with Crippen LogP contribution in [0.2, 0.25) is 0 Å². The predicted molar refractivity (Wildman–Crippen MR) is 123 cm³/mol. The van der Waals surface area contributed by atoms with Crippen LogP contribution in [-0.4, -0.2) is 25.8 Å². The summed E-state index contributed by atoms with van der Waals surface area (Å²) >= 11 is 0. The fourth-order valence-electron chi connectivity index (χ4n) is 4.97. The van der Waals surface area contributed by atoms with Crippen molar-refractivity contribution in [2.75, 3.05) is 23.9 Å². The highest BCUT2D eigenvalue weighted by atomic mass is 15.1. The van der Waals surface area contributed by atoms with Gasteiger partial charge in [-0.1, -0.05) is 42.5 Å². The minimum Gasteiger partial charge on any atom is -0.345 e. The molecule has 138 valence electrons. The Morgan fingerprint density at radius 2 is 1.21 bits per heavy atom. The first-order valence-electron chi connectivity index (χ1n) is 9.98. The Labute approximate surface area is 171 Å². The lowest BCUT2D eigenvalue weighted by Crippen LogP contribution is -2.61. The van der Waals surface area contributed by atoms with Crippen LogP contribution in [0.15, 0.2) is 85.1 Å². The fraction of sp³-hybridized carbons (Fsp3) is 0.0800. The number of rotatable bonds is 1. The molecule has 0 spiro atoms. The van der Waals surface area contributed by atoms with E-state index in [2.05, 4.69) is 95.6 Å². The summed E-state index contributed by atoms with van der Waals surface area (Å²) in [6.07, 6.45) is 1.86. The maximum atomic E-state index is 4.61. The molecular weight excluding hydrogens is 353 g/mol. The van der Waals surface area contributed by atoms with Crippen LogP contribution >= 0.6 is 0 Å². The Morgan fingerprint density at radius 1 is 0.655 bits per heavy atom. The summed E-state index contributed by atoms with van der Waals surface area (Å²) in [5.41, 5.74) is 11.3. The monoisotopic (exact) mass is 373 g/mol. The molecule has 2 aliphatic rings. The Hall–Kier alpha value is -3.53. The van der Waals surface area contributed by atoms with Crippen molar-refractivity contribution in [3.63, 3.8) is 0 Å². The molecule has 0 amide bonds. The van der Waals surface area contributed by atoms with Crippen LogP contribution in [0, 0.1) is 0 Å². The number of benzene rings is 3. The molecule has 0 saturated heterocycles. The Morgan fingerprint density at radius 3 is 1.76 bits per heavy atom. The van der Waals surface area contributed by atoms with Crippen molar-refractivity contribution in [1.82, 2.24) is 4.98 Å². The second-order valence-electron chi connectivity index (χ2n) is 7.81. The van der Waals surface area contributed by atoms with Crippen molar-refractivity contribution in [3.8, 4) is 11.3 Å². The molecule has 0 aliphatic carbocycles. The third-order valence-corrected chi connectivity index (χ3v) is 6.33. The van der Waals surface area contributed by atoms with Crippen molar-refractivity contribution in [3.05, 3.63) is 85.1 Å². The zero-order valence-corrected chi connectivity index (χ0v) is 16.5. The van der Waals surface area contributed by atoms with E-state index in [1.54, 1.807) is 0 Å². The van der Waals surface area contributed by atoms with Gasteiger partial charge < -0.3 is 9.80 Å². The molecule has 3 nitrogen and oxygen atoms in total. The molecule has 0 fully saturated rings. The number of hydrogen-bond donors (Lipinski definition) is 0. The Kier molecular flexibility index (Phi) is 3.39. The molecule has 29 heavy (non-hydrogen) atoms. The molecule has 0 bridgehead atoms. The molecule has 6 rings (SSSR count). The second kappa shape index (κ2) is 5.98. The van der Waals surface area contributed by atoms with Gasteiger partial charge >= 0.3 is 0 Å². The largest absolute Gasteiger partial charge is 0.345 e. The molecule has 3 aromatic carbocycles. The van der Waals surface area contributed by atoms with E-state index in [0.29, 0.717) is 0 Å². The maximum absolute atomic E-state index is 4.61. The zero-order chi connectivity index (χ0) is 19.5. The van der Waals surface area contributed by atoms with E-state index < -0.39 is 0 Å². The number of pyridine rings is 1. The van der Waals surface area contributed by atoms with Gasteiger partial charge in [0, 0.05) is 48.6 Å². The van der Waals surface area contributed by atoms with Crippen molar-refractivity contribution in [2.45, 2.75) is 0 Å². The highest BCUT2D eigenvalue weighted by molar-refractivity contribution is 7.00. The van der Waals surface area contributed by atoms with Crippen molar-refractivity contribution in [1.29, 1.82) is 0 Å². The number of anilines is 4. The van der Waals surface area contributed by atoms with Crippen LogP contribution in [0.4, 0.5) is 22.7 Å². The molecule has 0 atom stereocenters. The topological polar surface area (TPSA) is 19.4 Å². The van der Waals surface area contributed by atoms with E-state index in [4.69, 9.17) is 0 Å². The lowest BCUT2D eigenvalue weighted by atomic mass is 9.33. The Balaban J connectivity index is 1.70. The van der Waals surface area contributed by atoms with Gasteiger partial charge in [-0.15, -0.1) is 0 Å². The maximum Gasteiger partial charge on any atom is 0.252 e. The van der Waals surface area contributed by atoms with Gasteiger partial charge in [-0.25, -0.2) is 0 Å².